The highest BCUT2D eigenvalue weighted by Crippen LogP contribution is 2.37. The molecule has 0 aliphatic rings. The van der Waals surface area contributed by atoms with Crippen LogP contribution in [0.4, 0.5) is 5.69 Å². The molecule has 0 aliphatic carbocycles. The van der Waals surface area contributed by atoms with E-state index in [0.29, 0.717) is 27.4 Å². The number of benzene rings is 1. The van der Waals surface area contributed by atoms with E-state index >= 15 is 0 Å². The SMILES string of the molecule is CSC(C)CCNC(=O)c1sc2cccc(Cl)c2c1N. The van der Waals surface area contributed by atoms with E-state index in [1.807, 2.05) is 12.1 Å². The number of thiophene rings is 1. The molecule has 0 spiro atoms. The van der Waals surface area contributed by atoms with E-state index in [4.69, 9.17) is 17.3 Å². The highest BCUT2D eigenvalue weighted by molar-refractivity contribution is 7.99. The van der Waals surface area contributed by atoms with E-state index in [9.17, 15) is 4.79 Å². The Morgan fingerprint density at radius 1 is 1.55 bits per heavy atom. The molecule has 3 nitrogen and oxygen atoms in total. The zero-order chi connectivity index (χ0) is 14.7. The fourth-order valence-electron chi connectivity index (χ4n) is 1.89. The number of hydrogen-bond donors (Lipinski definition) is 2. The van der Waals surface area contributed by atoms with Crippen molar-refractivity contribution in [2.45, 2.75) is 18.6 Å². The van der Waals surface area contributed by atoms with Crippen molar-refractivity contribution in [1.29, 1.82) is 0 Å². The normalized spacial score (nSPS) is 12.6. The number of anilines is 1. The average molecular weight is 329 g/mol. The Labute approximate surface area is 131 Å². The van der Waals surface area contributed by atoms with Gasteiger partial charge in [0.15, 0.2) is 0 Å². The minimum atomic E-state index is -0.118. The van der Waals surface area contributed by atoms with Gasteiger partial charge in [-0.15, -0.1) is 11.3 Å². The molecule has 108 valence electrons. The second-order valence-corrected chi connectivity index (χ2v) is 7.28. The number of thioether (sulfide) groups is 1. The van der Waals surface area contributed by atoms with Gasteiger partial charge in [-0.05, 0) is 24.8 Å². The van der Waals surface area contributed by atoms with Gasteiger partial charge in [-0.3, -0.25) is 4.79 Å². The lowest BCUT2D eigenvalue weighted by Gasteiger charge is -2.08. The van der Waals surface area contributed by atoms with Gasteiger partial charge in [0.05, 0.1) is 10.7 Å². The molecule has 20 heavy (non-hydrogen) atoms. The Balaban J connectivity index is 2.15. The quantitative estimate of drug-likeness (QED) is 0.872. The zero-order valence-corrected chi connectivity index (χ0v) is 13.8. The average Bonchev–Trinajstić information content (AvgIpc) is 2.77. The van der Waals surface area contributed by atoms with Crippen molar-refractivity contribution in [2.75, 3.05) is 18.5 Å². The maximum absolute atomic E-state index is 12.2. The Kier molecular flexibility index (Phi) is 5.18. The summed E-state index contributed by atoms with van der Waals surface area (Å²) in [7, 11) is 0. The van der Waals surface area contributed by atoms with Gasteiger partial charge in [0, 0.05) is 21.9 Å². The molecule has 3 N–H and O–H groups in total. The number of carbonyl (C=O) groups is 1. The number of halogens is 1. The van der Waals surface area contributed by atoms with Gasteiger partial charge < -0.3 is 11.1 Å². The Morgan fingerprint density at radius 2 is 2.30 bits per heavy atom. The molecule has 0 radical (unpaired) electrons. The number of nitrogens with two attached hydrogens (primary N) is 1. The summed E-state index contributed by atoms with van der Waals surface area (Å²) in [5, 5.41) is 4.82. The molecule has 0 bridgehead atoms. The first-order valence-electron chi connectivity index (χ1n) is 6.32. The number of nitrogens with one attached hydrogen (secondary N) is 1. The third-order valence-corrected chi connectivity index (χ3v) is 5.67. The third kappa shape index (κ3) is 3.22. The highest BCUT2D eigenvalue weighted by atomic mass is 35.5. The van der Waals surface area contributed by atoms with E-state index in [0.717, 1.165) is 16.5 Å². The van der Waals surface area contributed by atoms with Crippen LogP contribution in [-0.4, -0.2) is 24.0 Å². The number of hydrogen-bond acceptors (Lipinski definition) is 4. The fraction of sp³-hybridized carbons (Fsp3) is 0.357. The molecule has 1 atom stereocenters. The molecule has 1 aromatic heterocycles. The molecule has 0 aliphatic heterocycles. The first-order chi connectivity index (χ1) is 9.54. The summed E-state index contributed by atoms with van der Waals surface area (Å²) in [6.07, 6.45) is 3.01. The Morgan fingerprint density at radius 3 is 2.95 bits per heavy atom. The summed E-state index contributed by atoms with van der Waals surface area (Å²) in [6, 6.07) is 5.58. The van der Waals surface area contributed by atoms with Crippen molar-refractivity contribution >= 4 is 56.4 Å². The van der Waals surface area contributed by atoms with Crippen molar-refractivity contribution in [1.82, 2.24) is 5.32 Å². The summed E-state index contributed by atoms with van der Waals surface area (Å²) >= 11 is 9.31. The van der Waals surface area contributed by atoms with Crippen LogP contribution in [0.3, 0.4) is 0 Å². The van der Waals surface area contributed by atoms with E-state index in [-0.39, 0.29) is 5.91 Å². The summed E-state index contributed by atoms with van der Waals surface area (Å²) in [6.45, 7) is 2.80. The van der Waals surface area contributed by atoms with Crippen LogP contribution in [0.15, 0.2) is 18.2 Å². The first-order valence-corrected chi connectivity index (χ1v) is 8.80. The van der Waals surface area contributed by atoms with E-state index in [1.54, 1.807) is 17.8 Å². The number of carbonyl (C=O) groups excluding carboxylic acids is 1. The summed E-state index contributed by atoms with van der Waals surface area (Å²) in [5.41, 5.74) is 6.54. The summed E-state index contributed by atoms with van der Waals surface area (Å²) < 4.78 is 0.942. The molecule has 1 unspecified atom stereocenters. The van der Waals surface area contributed by atoms with Crippen molar-refractivity contribution in [3.8, 4) is 0 Å². The molecule has 0 fully saturated rings. The number of amides is 1. The van der Waals surface area contributed by atoms with E-state index in [2.05, 4.69) is 18.5 Å². The number of fused-ring (bicyclic) bond motifs is 1. The lowest BCUT2D eigenvalue weighted by atomic mass is 10.2. The van der Waals surface area contributed by atoms with Crippen LogP contribution in [0, 0.1) is 0 Å². The van der Waals surface area contributed by atoms with Crippen molar-refractivity contribution < 1.29 is 4.79 Å². The zero-order valence-electron chi connectivity index (χ0n) is 11.4. The highest BCUT2D eigenvalue weighted by Gasteiger charge is 2.17. The van der Waals surface area contributed by atoms with Gasteiger partial charge in [0.2, 0.25) is 0 Å². The lowest BCUT2D eigenvalue weighted by Crippen LogP contribution is -2.25. The van der Waals surface area contributed by atoms with Gasteiger partial charge >= 0.3 is 0 Å². The standard InChI is InChI=1S/C14H17ClN2OS2/c1-8(19-2)6-7-17-14(18)13-12(16)11-9(15)4-3-5-10(11)20-13/h3-5,8H,6-7,16H2,1-2H3,(H,17,18). The van der Waals surface area contributed by atoms with Crippen LogP contribution >= 0.6 is 34.7 Å². The Hall–Kier alpha value is -0.910. The smallest absolute Gasteiger partial charge is 0.263 e. The first kappa shape index (κ1) is 15.5. The van der Waals surface area contributed by atoms with Gasteiger partial charge in [-0.2, -0.15) is 11.8 Å². The van der Waals surface area contributed by atoms with Crippen LogP contribution in [0.25, 0.3) is 10.1 Å². The van der Waals surface area contributed by atoms with Crippen molar-refractivity contribution in [2.24, 2.45) is 0 Å². The molecular formula is C14H17ClN2OS2. The predicted octanol–water partition coefficient (Wildman–Crippen LogP) is 4.01. The van der Waals surface area contributed by atoms with Gasteiger partial charge in [-0.1, -0.05) is 24.6 Å². The van der Waals surface area contributed by atoms with E-state index in [1.165, 1.54) is 11.3 Å². The molecule has 1 heterocycles. The lowest BCUT2D eigenvalue weighted by molar-refractivity contribution is 0.0958. The number of nitrogen functional groups attached to an aromatic ring is 1. The summed E-state index contributed by atoms with van der Waals surface area (Å²) in [4.78, 5) is 12.7. The maximum Gasteiger partial charge on any atom is 0.263 e. The topological polar surface area (TPSA) is 55.1 Å². The minimum absolute atomic E-state index is 0.118. The predicted molar refractivity (Wildman–Crippen MR) is 91.2 cm³/mol. The van der Waals surface area contributed by atoms with Crippen LogP contribution in [0.1, 0.15) is 23.0 Å². The van der Waals surface area contributed by atoms with Gasteiger partial charge in [-0.25, -0.2) is 0 Å². The molecule has 2 rings (SSSR count). The number of rotatable bonds is 5. The molecular weight excluding hydrogens is 312 g/mol. The molecule has 2 aromatic rings. The van der Waals surface area contributed by atoms with Gasteiger partial charge in [0.25, 0.3) is 5.91 Å². The minimum Gasteiger partial charge on any atom is -0.397 e. The monoisotopic (exact) mass is 328 g/mol. The van der Waals surface area contributed by atoms with Crippen LogP contribution in [0.5, 0.6) is 0 Å². The Bertz CT molecular complexity index is 627. The van der Waals surface area contributed by atoms with Crippen LogP contribution < -0.4 is 11.1 Å². The van der Waals surface area contributed by atoms with E-state index < -0.39 is 0 Å². The van der Waals surface area contributed by atoms with Crippen LogP contribution in [-0.2, 0) is 0 Å². The molecule has 6 heteroatoms. The third-order valence-electron chi connectivity index (χ3n) is 3.15. The molecule has 0 saturated carbocycles. The largest absolute Gasteiger partial charge is 0.397 e. The maximum atomic E-state index is 12.2. The second-order valence-electron chi connectivity index (χ2n) is 4.55. The fourth-order valence-corrected chi connectivity index (χ4v) is 3.64. The van der Waals surface area contributed by atoms with Gasteiger partial charge in [0.1, 0.15) is 4.88 Å². The molecule has 1 aromatic carbocycles. The molecule has 1 amide bonds. The van der Waals surface area contributed by atoms with Crippen molar-refractivity contribution in [3.63, 3.8) is 0 Å². The molecule has 0 saturated heterocycles. The second kappa shape index (κ2) is 6.70. The van der Waals surface area contributed by atoms with Crippen LogP contribution in [0.2, 0.25) is 5.02 Å². The van der Waals surface area contributed by atoms with Crippen molar-refractivity contribution in [3.05, 3.63) is 28.1 Å². The summed E-state index contributed by atoms with van der Waals surface area (Å²) in [5.74, 6) is -0.118.